The summed E-state index contributed by atoms with van der Waals surface area (Å²) in [5.74, 6) is 0.937. The van der Waals surface area contributed by atoms with Gasteiger partial charge in [-0.05, 0) is 51.2 Å². The third-order valence-electron chi connectivity index (χ3n) is 3.90. The molecule has 0 bridgehead atoms. The van der Waals surface area contributed by atoms with E-state index in [0.717, 1.165) is 54.5 Å². The second kappa shape index (κ2) is 7.25. The number of aryl methyl sites for hydroxylation is 1. The third kappa shape index (κ3) is 3.76. The van der Waals surface area contributed by atoms with Crippen LogP contribution >= 0.6 is 11.6 Å². The fraction of sp³-hybridized carbons (Fsp3) is 0.562. The van der Waals surface area contributed by atoms with Crippen molar-refractivity contribution in [1.29, 1.82) is 0 Å². The van der Waals surface area contributed by atoms with E-state index in [9.17, 15) is 0 Å². The van der Waals surface area contributed by atoms with E-state index in [-0.39, 0.29) is 6.04 Å². The summed E-state index contributed by atoms with van der Waals surface area (Å²) in [7, 11) is 0. The van der Waals surface area contributed by atoms with Crippen LogP contribution in [0.25, 0.3) is 11.0 Å². The summed E-state index contributed by atoms with van der Waals surface area (Å²) < 4.78 is 2.22. The molecule has 2 N–H and O–H groups in total. The molecule has 0 spiro atoms. The smallest absolute Gasteiger partial charge is 0.126 e. The van der Waals surface area contributed by atoms with Crippen LogP contribution in [0.15, 0.2) is 18.2 Å². The molecule has 0 aliphatic rings. The van der Waals surface area contributed by atoms with Crippen LogP contribution in [0.3, 0.4) is 0 Å². The summed E-state index contributed by atoms with van der Waals surface area (Å²) in [6.07, 6.45) is 1.08. The highest BCUT2D eigenvalue weighted by Gasteiger charge is 2.14. The molecule has 0 radical (unpaired) electrons. The number of imidazole rings is 1. The Bertz CT molecular complexity index is 587. The summed E-state index contributed by atoms with van der Waals surface area (Å²) in [5.41, 5.74) is 8.12. The van der Waals surface area contributed by atoms with Gasteiger partial charge in [-0.2, -0.15) is 0 Å². The van der Waals surface area contributed by atoms with E-state index in [1.165, 1.54) is 0 Å². The van der Waals surface area contributed by atoms with Crippen molar-refractivity contribution in [2.75, 3.05) is 19.6 Å². The van der Waals surface area contributed by atoms with Crippen LogP contribution in [-0.4, -0.2) is 34.1 Å². The predicted octanol–water partition coefficient (Wildman–Crippen LogP) is 3.44. The second-order valence-electron chi connectivity index (χ2n) is 5.42. The van der Waals surface area contributed by atoms with Crippen molar-refractivity contribution in [2.45, 2.75) is 39.8 Å². The molecule has 1 aromatic heterocycles. The van der Waals surface area contributed by atoms with Gasteiger partial charge in [0.1, 0.15) is 5.82 Å². The van der Waals surface area contributed by atoms with Crippen molar-refractivity contribution < 1.29 is 0 Å². The lowest BCUT2D eigenvalue weighted by Gasteiger charge is -2.19. The molecule has 116 valence electrons. The van der Waals surface area contributed by atoms with E-state index in [0.29, 0.717) is 0 Å². The summed E-state index contributed by atoms with van der Waals surface area (Å²) in [4.78, 5) is 7.09. The van der Waals surface area contributed by atoms with E-state index in [4.69, 9.17) is 17.3 Å². The van der Waals surface area contributed by atoms with Gasteiger partial charge in [0.25, 0.3) is 0 Å². The van der Waals surface area contributed by atoms with E-state index in [1.54, 1.807) is 0 Å². The SMILES string of the molecule is CCN(CC)CCCn1c(C(C)N)nc2ccc(Cl)cc21. The minimum Gasteiger partial charge on any atom is -0.327 e. The molecule has 0 amide bonds. The fourth-order valence-corrected chi connectivity index (χ4v) is 2.86. The number of fused-ring (bicyclic) bond motifs is 1. The van der Waals surface area contributed by atoms with Crippen LogP contribution < -0.4 is 5.73 Å². The Morgan fingerprint density at radius 3 is 2.67 bits per heavy atom. The first kappa shape index (κ1) is 16.3. The first-order valence-corrected chi connectivity index (χ1v) is 8.08. The van der Waals surface area contributed by atoms with Crippen LogP contribution in [0.5, 0.6) is 0 Å². The molecule has 0 saturated heterocycles. The number of aromatic nitrogens is 2. The molecule has 0 fully saturated rings. The molecule has 1 aromatic carbocycles. The lowest BCUT2D eigenvalue weighted by Crippen LogP contribution is -2.25. The zero-order chi connectivity index (χ0) is 15.4. The predicted molar refractivity (Wildman–Crippen MR) is 89.8 cm³/mol. The Balaban J connectivity index is 2.23. The highest BCUT2D eigenvalue weighted by Crippen LogP contribution is 2.23. The van der Waals surface area contributed by atoms with Crippen LogP contribution in [0, 0.1) is 0 Å². The number of rotatable bonds is 7. The average molecular weight is 309 g/mol. The number of hydrogen-bond acceptors (Lipinski definition) is 3. The molecule has 1 heterocycles. The van der Waals surface area contributed by atoms with Gasteiger partial charge in [-0.1, -0.05) is 25.4 Å². The Morgan fingerprint density at radius 1 is 1.33 bits per heavy atom. The lowest BCUT2D eigenvalue weighted by atomic mass is 10.3. The zero-order valence-corrected chi connectivity index (χ0v) is 13.9. The van der Waals surface area contributed by atoms with Crippen LogP contribution in [0.1, 0.15) is 39.1 Å². The molecule has 21 heavy (non-hydrogen) atoms. The monoisotopic (exact) mass is 308 g/mol. The van der Waals surface area contributed by atoms with Crippen molar-refractivity contribution in [3.05, 3.63) is 29.0 Å². The molecular formula is C16H25ClN4. The molecular weight excluding hydrogens is 284 g/mol. The molecule has 1 atom stereocenters. The standard InChI is InChI=1S/C16H25ClN4/c1-4-20(5-2)9-6-10-21-15-11-13(17)7-8-14(15)19-16(21)12(3)18/h7-8,11-12H,4-6,9-10,18H2,1-3H3. The highest BCUT2D eigenvalue weighted by molar-refractivity contribution is 6.31. The zero-order valence-electron chi connectivity index (χ0n) is 13.1. The summed E-state index contributed by atoms with van der Waals surface area (Å²) >= 11 is 6.13. The van der Waals surface area contributed by atoms with Gasteiger partial charge >= 0.3 is 0 Å². The van der Waals surface area contributed by atoms with Gasteiger partial charge in [-0.25, -0.2) is 4.98 Å². The van der Waals surface area contributed by atoms with Crippen molar-refractivity contribution >= 4 is 22.6 Å². The van der Waals surface area contributed by atoms with Crippen molar-refractivity contribution in [3.8, 4) is 0 Å². The Hall–Kier alpha value is -1.10. The maximum absolute atomic E-state index is 6.13. The summed E-state index contributed by atoms with van der Waals surface area (Å²) in [6, 6.07) is 5.74. The summed E-state index contributed by atoms with van der Waals surface area (Å²) in [5, 5.41) is 0.739. The van der Waals surface area contributed by atoms with Gasteiger partial charge in [-0.3, -0.25) is 0 Å². The molecule has 0 aliphatic heterocycles. The Morgan fingerprint density at radius 2 is 2.05 bits per heavy atom. The van der Waals surface area contributed by atoms with Crippen molar-refractivity contribution in [3.63, 3.8) is 0 Å². The van der Waals surface area contributed by atoms with E-state index in [2.05, 4.69) is 28.3 Å². The van der Waals surface area contributed by atoms with Gasteiger partial charge in [0.15, 0.2) is 0 Å². The number of nitrogens with two attached hydrogens (primary N) is 1. The lowest BCUT2D eigenvalue weighted by molar-refractivity contribution is 0.293. The van der Waals surface area contributed by atoms with Crippen molar-refractivity contribution in [2.24, 2.45) is 5.73 Å². The molecule has 5 heteroatoms. The molecule has 4 nitrogen and oxygen atoms in total. The summed E-state index contributed by atoms with van der Waals surface area (Å²) in [6.45, 7) is 10.6. The average Bonchev–Trinajstić information content (AvgIpc) is 2.82. The molecule has 2 aromatic rings. The van der Waals surface area contributed by atoms with Crippen LogP contribution in [0.4, 0.5) is 0 Å². The first-order valence-electron chi connectivity index (χ1n) is 7.70. The van der Waals surface area contributed by atoms with Gasteiger partial charge < -0.3 is 15.2 Å². The van der Waals surface area contributed by atoms with E-state index >= 15 is 0 Å². The quantitative estimate of drug-likeness (QED) is 0.852. The first-order chi connectivity index (χ1) is 10.1. The maximum Gasteiger partial charge on any atom is 0.126 e. The minimum absolute atomic E-state index is 0.0790. The molecule has 2 rings (SSSR count). The number of benzene rings is 1. The molecule has 0 saturated carbocycles. The number of halogens is 1. The van der Waals surface area contributed by atoms with Gasteiger partial charge in [0, 0.05) is 11.6 Å². The topological polar surface area (TPSA) is 47.1 Å². The number of hydrogen-bond donors (Lipinski definition) is 1. The maximum atomic E-state index is 6.13. The Kier molecular flexibility index (Phi) is 5.62. The Labute approximate surface area is 131 Å². The van der Waals surface area contributed by atoms with Gasteiger partial charge in [0.2, 0.25) is 0 Å². The third-order valence-corrected chi connectivity index (χ3v) is 4.13. The van der Waals surface area contributed by atoms with Crippen molar-refractivity contribution in [1.82, 2.24) is 14.5 Å². The van der Waals surface area contributed by atoms with E-state index < -0.39 is 0 Å². The largest absolute Gasteiger partial charge is 0.327 e. The minimum atomic E-state index is -0.0790. The van der Waals surface area contributed by atoms with Crippen LogP contribution in [-0.2, 0) is 6.54 Å². The van der Waals surface area contributed by atoms with E-state index in [1.807, 2.05) is 25.1 Å². The number of nitrogens with zero attached hydrogens (tertiary/aromatic N) is 3. The molecule has 1 unspecified atom stereocenters. The normalized spacial score (nSPS) is 13.2. The van der Waals surface area contributed by atoms with Crippen LogP contribution in [0.2, 0.25) is 5.02 Å². The van der Waals surface area contributed by atoms with Gasteiger partial charge in [-0.15, -0.1) is 0 Å². The second-order valence-corrected chi connectivity index (χ2v) is 5.86. The molecule has 0 aliphatic carbocycles. The highest BCUT2D eigenvalue weighted by atomic mass is 35.5. The van der Waals surface area contributed by atoms with Gasteiger partial charge in [0.05, 0.1) is 17.1 Å². The fourth-order valence-electron chi connectivity index (χ4n) is 2.69.